The number of aliphatic hydroxyl groups is 6. The van der Waals surface area contributed by atoms with E-state index in [0.717, 1.165) is 103 Å². The Balaban J connectivity index is 1.91. The molecule has 112 heavy (non-hydrogen) atoms. The lowest BCUT2D eigenvalue weighted by molar-refractivity contribution is -0.306. The molecule has 2 fully saturated rings. The fourth-order valence-corrected chi connectivity index (χ4v) is 18.0. The standard InChI is InChI=1S/C95H189O16P/c1-72-29-17-33-76(5)41-25-49-84(13)57-61-104-68-89(70-108-95-94(101)93(100)92(99)91(66-97)111-95)106-63-59-86(15)51-27-43-78(7)35-19-31-74(3)39-23-47-82(11)55-53-81(10)46-22-38-73(2)30-18-34-77(6)42-26-50-85(14)58-62-105-69-90(71-110-112(102,103)109-67-88(98)65-96)107-64-60-87(16)52-28-44-79(8)36-20-32-75(4)40-24-48-83(12)56-54-80(9)45-21-37-72/h72-101H,17-71H2,1-16H3,(H,102,103)/t72-,73-,74-,75-,76+,77+,78+,79+,80-,81-,82-,83-,84+,85+,86+,87+,88?,89-,90-,91-,92+,93-,94-,95-/m0/s1. The molecule has 670 valence electrons. The van der Waals surface area contributed by atoms with Crippen LogP contribution in [0.1, 0.15) is 393 Å². The molecule has 0 radical (unpaired) electrons. The molecule has 2 saturated heterocycles. The van der Waals surface area contributed by atoms with Gasteiger partial charge in [0, 0.05) is 26.4 Å². The summed E-state index contributed by atoms with van der Waals surface area (Å²) in [7, 11) is -4.47. The average molecular weight is 1620 g/mol. The number of aliphatic hydroxyl groups excluding tert-OH is 6. The summed E-state index contributed by atoms with van der Waals surface area (Å²) in [6.45, 7) is 40.1. The Bertz CT molecular complexity index is 2150. The van der Waals surface area contributed by atoms with E-state index in [0.29, 0.717) is 56.7 Å². The second kappa shape index (κ2) is 67.2. The average Bonchev–Trinajstić information content (AvgIpc) is 0.818. The van der Waals surface area contributed by atoms with Crippen molar-refractivity contribution in [1.82, 2.24) is 0 Å². The van der Waals surface area contributed by atoms with Gasteiger partial charge in [-0.3, -0.25) is 9.05 Å². The second-order valence-electron chi connectivity index (χ2n) is 39.2. The van der Waals surface area contributed by atoms with Gasteiger partial charge in [0.2, 0.25) is 0 Å². The van der Waals surface area contributed by atoms with E-state index in [4.69, 9.17) is 37.5 Å². The molecular formula is C95H189O16P. The third-order valence-electron chi connectivity index (χ3n) is 26.4. The molecule has 0 aromatic heterocycles. The predicted octanol–water partition coefficient (Wildman–Crippen LogP) is 23.4. The number of hydrogen-bond acceptors (Lipinski definition) is 15. The van der Waals surface area contributed by atoms with E-state index >= 15 is 0 Å². The molecule has 25 atom stereocenters. The minimum Gasteiger partial charge on any atom is -0.394 e. The van der Waals surface area contributed by atoms with Crippen molar-refractivity contribution in [3.8, 4) is 0 Å². The van der Waals surface area contributed by atoms with E-state index in [9.17, 15) is 40.1 Å². The zero-order valence-electron chi connectivity index (χ0n) is 76.0. The predicted molar refractivity (Wildman–Crippen MR) is 465 cm³/mol. The van der Waals surface area contributed by atoms with Gasteiger partial charge in [0.25, 0.3) is 0 Å². The van der Waals surface area contributed by atoms with Crippen LogP contribution in [0, 0.1) is 94.7 Å². The van der Waals surface area contributed by atoms with Crippen molar-refractivity contribution in [2.75, 3.05) is 72.7 Å². The first-order chi connectivity index (χ1) is 53.5. The number of phosphoric ester groups is 1. The van der Waals surface area contributed by atoms with Crippen molar-refractivity contribution in [1.29, 1.82) is 0 Å². The SMILES string of the molecule is C[C@@H]1CCC[C@H](C)CCC[C@H](C)CC[C@@H](C)CCC[C@@H](C)CCC[C@@H](C)CCC[C@@H](C)CCO[C@H](COP(=O)(O)OCC(O)CO)COCC[C@H](C)CCC[C@H](C)CCC[C@H](C)CCC[C@H](C)CC[C@@H](C)CCC[C@@H](C)CCC[C@@H](C)CCC[C@@H](C)CCO[C@H](CO[C@H]2O[C@@H](CO)[C@@H](O)[C@H](O)[C@@H]2O)COCC[C@H](C)CCC1. The van der Waals surface area contributed by atoms with Gasteiger partial charge in [-0.15, -0.1) is 0 Å². The van der Waals surface area contributed by atoms with Crippen molar-refractivity contribution < 1.29 is 77.6 Å². The van der Waals surface area contributed by atoms with Crippen molar-refractivity contribution >= 4 is 7.82 Å². The van der Waals surface area contributed by atoms with Crippen molar-refractivity contribution in [3.63, 3.8) is 0 Å². The summed E-state index contributed by atoms with van der Waals surface area (Å²) < 4.78 is 59.7. The molecule has 0 saturated carbocycles. The lowest BCUT2D eigenvalue weighted by atomic mass is 9.88. The highest BCUT2D eigenvalue weighted by molar-refractivity contribution is 7.47. The largest absolute Gasteiger partial charge is 0.472 e. The summed E-state index contributed by atoms with van der Waals surface area (Å²) >= 11 is 0. The van der Waals surface area contributed by atoms with Crippen LogP contribution in [0.4, 0.5) is 0 Å². The van der Waals surface area contributed by atoms with Crippen LogP contribution >= 0.6 is 7.82 Å². The minimum absolute atomic E-state index is 0.0907. The van der Waals surface area contributed by atoms with Crippen LogP contribution in [0.5, 0.6) is 0 Å². The van der Waals surface area contributed by atoms with E-state index in [2.05, 4.69) is 111 Å². The van der Waals surface area contributed by atoms with E-state index in [-0.39, 0.29) is 19.8 Å². The number of rotatable bonds is 11. The third-order valence-corrected chi connectivity index (χ3v) is 27.4. The topological polar surface area (TPSA) is 233 Å². The van der Waals surface area contributed by atoms with Crippen LogP contribution in [-0.4, -0.2) is 157 Å². The molecule has 0 bridgehead atoms. The molecule has 0 aromatic rings. The molecule has 2 rings (SSSR count). The van der Waals surface area contributed by atoms with Crippen molar-refractivity contribution in [2.45, 2.75) is 442 Å². The van der Waals surface area contributed by atoms with Crippen LogP contribution in [0.3, 0.4) is 0 Å². The van der Waals surface area contributed by atoms with E-state index in [1.165, 1.54) is 250 Å². The second-order valence-corrected chi connectivity index (χ2v) is 40.7. The molecule has 2 aliphatic heterocycles. The van der Waals surface area contributed by atoms with Crippen LogP contribution in [0.15, 0.2) is 0 Å². The van der Waals surface area contributed by atoms with Gasteiger partial charge in [-0.1, -0.05) is 368 Å². The number of phosphoric acid groups is 1. The normalized spacial score (nSPS) is 36.8. The fourth-order valence-electron chi connectivity index (χ4n) is 17.2. The highest BCUT2D eigenvalue weighted by Gasteiger charge is 2.44. The van der Waals surface area contributed by atoms with Crippen LogP contribution < -0.4 is 0 Å². The molecule has 0 amide bonds. The Kier molecular flexibility index (Phi) is 64.7. The lowest BCUT2D eigenvalue weighted by Crippen LogP contribution is -2.59. The maximum Gasteiger partial charge on any atom is 0.472 e. The quantitative estimate of drug-likeness (QED) is 0.0953. The van der Waals surface area contributed by atoms with Gasteiger partial charge in [0.05, 0.1) is 46.2 Å². The molecule has 2 heterocycles. The van der Waals surface area contributed by atoms with Gasteiger partial charge in [-0.05, 0) is 120 Å². The Morgan fingerprint density at radius 3 is 0.821 bits per heavy atom. The summed E-state index contributed by atoms with van der Waals surface area (Å²) in [6, 6.07) is 0. The molecular weight excluding hydrogens is 1430 g/mol. The summed E-state index contributed by atoms with van der Waals surface area (Å²) in [5.74, 6) is 11.5. The smallest absolute Gasteiger partial charge is 0.394 e. The molecule has 2 aliphatic rings. The van der Waals surface area contributed by atoms with Crippen LogP contribution in [0.2, 0.25) is 0 Å². The molecule has 17 heteroatoms. The Labute approximate surface area is 691 Å². The van der Waals surface area contributed by atoms with Gasteiger partial charge < -0.3 is 64.0 Å². The Morgan fingerprint density at radius 2 is 0.562 bits per heavy atom. The van der Waals surface area contributed by atoms with E-state index < -0.39 is 76.7 Å². The minimum atomic E-state index is -4.47. The van der Waals surface area contributed by atoms with Crippen molar-refractivity contribution in [2.24, 2.45) is 94.7 Å². The molecule has 2 unspecified atom stereocenters. The van der Waals surface area contributed by atoms with Gasteiger partial charge in [0.15, 0.2) is 6.29 Å². The zero-order valence-corrected chi connectivity index (χ0v) is 76.9. The summed E-state index contributed by atoms with van der Waals surface area (Å²) in [6.07, 6.45) is 47.1. The van der Waals surface area contributed by atoms with E-state index in [1.54, 1.807) is 0 Å². The third kappa shape index (κ3) is 58.6. The first-order valence-electron chi connectivity index (χ1n) is 47.7. The van der Waals surface area contributed by atoms with Gasteiger partial charge in [-0.25, -0.2) is 4.57 Å². The fraction of sp³-hybridized carbons (Fsp3) is 1.00. The summed E-state index contributed by atoms with van der Waals surface area (Å²) in [4.78, 5) is 10.3. The van der Waals surface area contributed by atoms with E-state index in [1.807, 2.05) is 0 Å². The maximum absolute atomic E-state index is 12.7. The zero-order chi connectivity index (χ0) is 82.9. The highest BCUT2D eigenvalue weighted by atomic mass is 31.2. The molecule has 0 aliphatic carbocycles. The maximum atomic E-state index is 12.7. The first kappa shape index (κ1) is 108. The van der Waals surface area contributed by atoms with Crippen LogP contribution in [0.25, 0.3) is 0 Å². The van der Waals surface area contributed by atoms with Crippen LogP contribution in [-0.2, 0) is 42.0 Å². The molecule has 0 spiro atoms. The van der Waals surface area contributed by atoms with Gasteiger partial charge in [0.1, 0.15) is 42.7 Å². The number of ether oxygens (including phenoxy) is 6. The monoisotopic (exact) mass is 1620 g/mol. The lowest BCUT2D eigenvalue weighted by Gasteiger charge is -2.40. The first-order valence-corrected chi connectivity index (χ1v) is 49.2. The molecule has 16 nitrogen and oxygen atoms in total. The summed E-state index contributed by atoms with van der Waals surface area (Å²) in [5, 5.41) is 60.1. The Hall–Kier alpha value is -0.370. The van der Waals surface area contributed by atoms with Gasteiger partial charge in [-0.2, -0.15) is 0 Å². The highest BCUT2D eigenvalue weighted by Crippen LogP contribution is 2.44. The summed E-state index contributed by atoms with van der Waals surface area (Å²) in [5.41, 5.74) is 0. The number of hydrogen-bond donors (Lipinski definition) is 7. The Morgan fingerprint density at radius 1 is 0.321 bits per heavy atom. The van der Waals surface area contributed by atoms with Crippen molar-refractivity contribution in [3.05, 3.63) is 0 Å². The van der Waals surface area contributed by atoms with Gasteiger partial charge >= 0.3 is 7.82 Å². The molecule has 0 aromatic carbocycles. The molecule has 7 N–H and O–H groups in total.